The minimum absolute atomic E-state index is 0.181. The lowest BCUT2D eigenvalue weighted by Crippen LogP contribution is -2.24. The molecule has 38 heavy (non-hydrogen) atoms. The molecule has 2 heterocycles. The molecule has 4 rings (SSSR count). The third-order valence-electron chi connectivity index (χ3n) is 5.42. The molecule has 0 aliphatic carbocycles. The molecule has 2 aromatic heterocycles. The van der Waals surface area contributed by atoms with Gasteiger partial charge in [-0.25, -0.2) is 13.9 Å². The van der Waals surface area contributed by atoms with Crippen molar-refractivity contribution in [2.45, 2.75) is 32.9 Å². The molecule has 2 amide bonds. The topological polar surface area (TPSA) is 118 Å². The van der Waals surface area contributed by atoms with Crippen molar-refractivity contribution in [1.82, 2.24) is 19.9 Å². The van der Waals surface area contributed by atoms with Crippen LogP contribution in [0.3, 0.4) is 0 Å². The lowest BCUT2D eigenvalue weighted by Gasteiger charge is -2.12. The SMILES string of the molecule is Cc1ccc(-c2ccc3nc(NC(=O)[C@H](C)O)cn3n2)cc1C(=O)NCc1cc(OC(F)(F)F)ccc1F. The summed E-state index contributed by atoms with van der Waals surface area (Å²) in [6, 6.07) is 10.9. The van der Waals surface area contributed by atoms with E-state index in [9.17, 15) is 32.3 Å². The van der Waals surface area contributed by atoms with Gasteiger partial charge in [0.15, 0.2) is 11.5 Å². The second-order valence-electron chi connectivity index (χ2n) is 8.33. The molecule has 0 fully saturated rings. The summed E-state index contributed by atoms with van der Waals surface area (Å²) in [6.07, 6.45) is -4.68. The van der Waals surface area contributed by atoms with Gasteiger partial charge in [0.25, 0.3) is 11.8 Å². The van der Waals surface area contributed by atoms with E-state index in [-0.39, 0.29) is 23.5 Å². The van der Waals surface area contributed by atoms with Crippen LogP contribution < -0.4 is 15.4 Å². The van der Waals surface area contributed by atoms with Gasteiger partial charge in [0.05, 0.1) is 11.9 Å². The van der Waals surface area contributed by atoms with E-state index in [0.717, 1.165) is 18.2 Å². The third kappa shape index (κ3) is 6.24. The molecule has 3 N–H and O–H groups in total. The summed E-state index contributed by atoms with van der Waals surface area (Å²) in [5.41, 5.74) is 2.15. The summed E-state index contributed by atoms with van der Waals surface area (Å²) >= 11 is 0. The number of halogens is 4. The van der Waals surface area contributed by atoms with Crippen molar-refractivity contribution in [2.24, 2.45) is 0 Å². The Morgan fingerprint density at radius 1 is 1.13 bits per heavy atom. The highest BCUT2D eigenvalue weighted by atomic mass is 19.4. The molecule has 0 spiro atoms. The number of aromatic nitrogens is 3. The molecule has 1 atom stereocenters. The number of hydrogen-bond donors (Lipinski definition) is 3. The molecule has 2 aromatic carbocycles. The summed E-state index contributed by atoms with van der Waals surface area (Å²) in [6.45, 7) is 2.65. The Balaban J connectivity index is 1.53. The zero-order valence-electron chi connectivity index (χ0n) is 20.0. The molecule has 0 saturated carbocycles. The first-order valence-electron chi connectivity index (χ1n) is 11.2. The lowest BCUT2D eigenvalue weighted by atomic mass is 10.0. The number of aliphatic hydroxyl groups is 1. The van der Waals surface area contributed by atoms with E-state index in [4.69, 9.17) is 0 Å². The van der Waals surface area contributed by atoms with Crippen molar-refractivity contribution < 1.29 is 37.0 Å². The fourth-order valence-corrected chi connectivity index (χ4v) is 3.51. The maximum atomic E-state index is 14.1. The highest BCUT2D eigenvalue weighted by Gasteiger charge is 2.31. The molecule has 0 aliphatic rings. The molecular weight excluding hydrogens is 510 g/mol. The first-order chi connectivity index (χ1) is 17.9. The Kier molecular flexibility index (Phi) is 7.30. The smallest absolute Gasteiger partial charge is 0.406 e. The van der Waals surface area contributed by atoms with E-state index in [2.05, 4.69) is 25.5 Å². The Morgan fingerprint density at radius 3 is 2.61 bits per heavy atom. The quantitative estimate of drug-likeness (QED) is 0.311. The van der Waals surface area contributed by atoms with E-state index < -0.39 is 35.8 Å². The molecule has 9 nitrogen and oxygen atoms in total. The lowest BCUT2D eigenvalue weighted by molar-refractivity contribution is -0.274. The van der Waals surface area contributed by atoms with E-state index in [1.54, 1.807) is 37.3 Å². The number of aryl methyl sites for hydroxylation is 1. The molecule has 0 unspecified atom stereocenters. The van der Waals surface area contributed by atoms with Gasteiger partial charge >= 0.3 is 6.36 Å². The van der Waals surface area contributed by atoms with Crippen molar-refractivity contribution in [3.63, 3.8) is 0 Å². The molecule has 4 aromatic rings. The van der Waals surface area contributed by atoms with E-state index in [0.29, 0.717) is 22.5 Å². The average molecular weight is 531 g/mol. The predicted octanol–water partition coefficient (Wildman–Crippen LogP) is 3.99. The Hall–Kier alpha value is -4.52. The van der Waals surface area contributed by atoms with Gasteiger partial charge in [-0.05, 0) is 55.8 Å². The van der Waals surface area contributed by atoms with Crippen molar-refractivity contribution in [2.75, 3.05) is 5.32 Å². The standard InChI is InChI=1S/C25H21F4N5O4/c1-13-3-4-15(20-7-8-22-31-21(12-34(22)33-20)32-23(36)14(2)35)10-18(13)24(37)30-11-16-9-17(5-6-19(16)26)38-25(27,28)29/h3-10,12,14,35H,11H2,1-2H3,(H,30,37)(H,32,36)/t14-/m0/s1. The summed E-state index contributed by atoms with van der Waals surface area (Å²) in [5, 5.41) is 18.8. The highest BCUT2D eigenvalue weighted by molar-refractivity contribution is 5.97. The molecule has 0 saturated heterocycles. The van der Waals surface area contributed by atoms with Crippen LogP contribution in [0.25, 0.3) is 16.9 Å². The maximum absolute atomic E-state index is 14.1. The normalized spacial score (nSPS) is 12.3. The van der Waals surface area contributed by atoms with E-state index >= 15 is 0 Å². The third-order valence-corrected chi connectivity index (χ3v) is 5.42. The van der Waals surface area contributed by atoms with Crippen LogP contribution in [0.5, 0.6) is 5.75 Å². The van der Waals surface area contributed by atoms with E-state index in [1.807, 2.05) is 0 Å². The summed E-state index contributed by atoms with van der Waals surface area (Å²) in [4.78, 5) is 28.8. The summed E-state index contributed by atoms with van der Waals surface area (Å²) < 4.78 is 56.8. The molecule has 13 heteroatoms. The number of imidazole rings is 1. The van der Waals surface area contributed by atoms with Crippen LogP contribution in [0, 0.1) is 12.7 Å². The molecule has 0 aliphatic heterocycles. The number of fused-ring (bicyclic) bond motifs is 1. The van der Waals surface area contributed by atoms with Crippen LogP contribution in [-0.2, 0) is 11.3 Å². The number of alkyl halides is 3. The minimum atomic E-state index is -4.93. The predicted molar refractivity (Wildman–Crippen MR) is 128 cm³/mol. The van der Waals surface area contributed by atoms with Gasteiger partial charge in [0.1, 0.15) is 17.7 Å². The largest absolute Gasteiger partial charge is 0.573 e. The Morgan fingerprint density at radius 2 is 1.89 bits per heavy atom. The fourth-order valence-electron chi connectivity index (χ4n) is 3.51. The molecular formula is C25H21F4N5O4. The number of hydrogen-bond acceptors (Lipinski definition) is 6. The van der Waals surface area contributed by atoms with Gasteiger partial charge in [-0.2, -0.15) is 5.10 Å². The van der Waals surface area contributed by atoms with Gasteiger partial charge < -0.3 is 20.5 Å². The van der Waals surface area contributed by atoms with Crippen LogP contribution in [0.4, 0.5) is 23.4 Å². The van der Waals surface area contributed by atoms with Crippen LogP contribution >= 0.6 is 0 Å². The van der Waals surface area contributed by atoms with Crippen LogP contribution in [0.1, 0.15) is 28.4 Å². The van der Waals surface area contributed by atoms with E-state index in [1.165, 1.54) is 17.6 Å². The number of carbonyl (C=O) groups is 2. The van der Waals surface area contributed by atoms with Crippen molar-refractivity contribution in [1.29, 1.82) is 0 Å². The second kappa shape index (κ2) is 10.5. The van der Waals surface area contributed by atoms with Crippen LogP contribution in [0.15, 0.2) is 54.7 Å². The maximum Gasteiger partial charge on any atom is 0.573 e. The molecule has 0 radical (unpaired) electrons. The second-order valence-corrected chi connectivity index (χ2v) is 8.33. The number of nitrogens with one attached hydrogen (secondary N) is 2. The number of amides is 2. The zero-order chi connectivity index (χ0) is 27.6. The zero-order valence-corrected chi connectivity index (χ0v) is 20.0. The van der Waals surface area contributed by atoms with Crippen LogP contribution in [0.2, 0.25) is 0 Å². The molecule has 0 bridgehead atoms. The van der Waals surface area contributed by atoms with Gasteiger partial charge in [0, 0.05) is 23.2 Å². The number of ether oxygens (including phenoxy) is 1. The number of nitrogens with zero attached hydrogens (tertiary/aromatic N) is 3. The highest BCUT2D eigenvalue weighted by Crippen LogP contribution is 2.25. The Bertz CT molecular complexity index is 1520. The van der Waals surface area contributed by atoms with Gasteiger partial charge in [-0.1, -0.05) is 12.1 Å². The Labute approximate surface area is 213 Å². The minimum Gasteiger partial charge on any atom is -0.406 e. The first kappa shape index (κ1) is 26.5. The number of carbonyl (C=O) groups excluding carboxylic acids is 2. The summed E-state index contributed by atoms with van der Waals surface area (Å²) in [5.74, 6) is -2.40. The number of benzene rings is 2. The summed E-state index contributed by atoms with van der Waals surface area (Å²) in [7, 11) is 0. The van der Waals surface area contributed by atoms with Crippen molar-refractivity contribution >= 4 is 23.3 Å². The first-order valence-corrected chi connectivity index (χ1v) is 11.2. The number of rotatable bonds is 7. The van der Waals surface area contributed by atoms with Gasteiger partial charge in [-0.3, -0.25) is 9.59 Å². The monoisotopic (exact) mass is 531 g/mol. The fraction of sp³-hybridized carbons (Fsp3) is 0.200. The number of aliphatic hydroxyl groups excluding tert-OH is 1. The number of anilines is 1. The average Bonchev–Trinajstić information content (AvgIpc) is 3.25. The molecule has 198 valence electrons. The van der Waals surface area contributed by atoms with Crippen molar-refractivity contribution in [3.8, 4) is 17.0 Å². The van der Waals surface area contributed by atoms with Gasteiger partial charge in [0.2, 0.25) is 0 Å². The van der Waals surface area contributed by atoms with Crippen LogP contribution in [-0.4, -0.2) is 44.0 Å². The van der Waals surface area contributed by atoms with Crippen molar-refractivity contribution in [3.05, 3.63) is 77.2 Å². The van der Waals surface area contributed by atoms with Gasteiger partial charge in [-0.15, -0.1) is 13.2 Å².